The lowest BCUT2D eigenvalue weighted by atomic mass is 9.83. The van der Waals surface area contributed by atoms with E-state index in [4.69, 9.17) is 34.8 Å². The summed E-state index contributed by atoms with van der Waals surface area (Å²) in [6, 6.07) is 15.2. The van der Waals surface area contributed by atoms with E-state index < -0.39 is 21.5 Å². The van der Waals surface area contributed by atoms with Crippen molar-refractivity contribution in [3.05, 3.63) is 86.9 Å². The molecule has 0 aromatic heterocycles. The van der Waals surface area contributed by atoms with Gasteiger partial charge in [0.15, 0.2) is 5.54 Å². The number of anilines is 2. The molecule has 3 aromatic carbocycles. The SMILES string of the molecule is CCN(CC)C(=O)Nc1ccc(S(=O)(=O)N2C(=O)C(NCCC3CCNCC3)(c3ccccc3Cl)c3cc(Cl)c(Cl)cc32)cc1. The summed E-state index contributed by atoms with van der Waals surface area (Å²) in [5, 5.41) is 10.1. The maximum atomic E-state index is 14.8. The molecule has 1 saturated heterocycles. The lowest BCUT2D eigenvalue weighted by Gasteiger charge is -2.32. The number of nitrogens with zero attached hydrogens (tertiary/aromatic N) is 2. The van der Waals surface area contributed by atoms with Crippen LogP contribution in [0.4, 0.5) is 16.2 Å². The van der Waals surface area contributed by atoms with Crippen LogP contribution in [0.25, 0.3) is 0 Å². The normalized spacial score (nSPS) is 18.6. The lowest BCUT2D eigenvalue weighted by Crippen LogP contribution is -2.53. The van der Waals surface area contributed by atoms with E-state index >= 15 is 0 Å². The first-order valence-corrected chi connectivity index (χ1v) is 17.6. The Morgan fingerprint density at radius 3 is 2.24 bits per heavy atom. The smallest absolute Gasteiger partial charge is 0.321 e. The maximum Gasteiger partial charge on any atom is 0.321 e. The monoisotopic (exact) mass is 691 g/mol. The Labute approximate surface area is 279 Å². The number of hydrogen-bond acceptors (Lipinski definition) is 6. The van der Waals surface area contributed by atoms with E-state index in [1.807, 2.05) is 13.8 Å². The fourth-order valence-electron chi connectivity index (χ4n) is 6.08. The van der Waals surface area contributed by atoms with Crippen LogP contribution in [0.3, 0.4) is 0 Å². The van der Waals surface area contributed by atoms with Crippen LogP contribution in [0, 0.1) is 5.92 Å². The van der Waals surface area contributed by atoms with Crippen LogP contribution < -0.4 is 20.3 Å². The summed E-state index contributed by atoms with van der Waals surface area (Å²) in [7, 11) is -4.47. The summed E-state index contributed by atoms with van der Waals surface area (Å²) in [6.07, 6.45) is 2.81. The second-order valence-corrected chi connectivity index (χ2v) is 14.1. The molecule has 2 heterocycles. The largest absolute Gasteiger partial charge is 0.325 e. The van der Waals surface area contributed by atoms with E-state index in [-0.39, 0.29) is 26.7 Å². The van der Waals surface area contributed by atoms with Gasteiger partial charge in [-0.15, -0.1) is 0 Å². The van der Waals surface area contributed by atoms with Gasteiger partial charge in [-0.05, 0) is 101 Å². The minimum Gasteiger partial charge on any atom is -0.325 e. The van der Waals surface area contributed by atoms with Crippen LogP contribution in [-0.2, 0) is 20.4 Å². The summed E-state index contributed by atoms with van der Waals surface area (Å²) in [6.45, 7) is 7.08. The Morgan fingerprint density at radius 1 is 0.956 bits per heavy atom. The van der Waals surface area contributed by atoms with Crippen LogP contribution in [-0.4, -0.2) is 58.0 Å². The molecule has 2 aliphatic heterocycles. The number of carbonyl (C=O) groups is 2. The third-order valence-corrected chi connectivity index (χ3v) is 11.3. The van der Waals surface area contributed by atoms with Crippen molar-refractivity contribution in [3.63, 3.8) is 0 Å². The zero-order chi connectivity index (χ0) is 32.4. The van der Waals surface area contributed by atoms with Crippen LogP contribution >= 0.6 is 34.8 Å². The van der Waals surface area contributed by atoms with Crippen molar-refractivity contribution in [2.24, 2.45) is 5.92 Å². The molecule has 3 amide bonds. The highest BCUT2D eigenvalue weighted by Crippen LogP contribution is 2.50. The summed E-state index contributed by atoms with van der Waals surface area (Å²) >= 11 is 19.7. The van der Waals surface area contributed by atoms with Crippen molar-refractivity contribution in [1.29, 1.82) is 0 Å². The van der Waals surface area contributed by atoms with Gasteiger partial charge in [0.05, 0.1) is 20.6 Å². The Morgan fingerprint density at radius 2 is 1.60 bits per heavy atom. The minimum absolute atomic E-state index is 0.0857. The number of rotatable bonds is 10. The third kappa shape index (κ3) is 6.41. The van der Waals surface area contributed by atoms with Crippen molar-refractivity contribution in [2.75, 3.05) is 42.3 Å². The number of piperidine rings is 1. The van der Waals surface area contributed by atoms with Gasteiger partial charge in [-0.1, -0.05) is 53.0 Å². The number of fused-ring (bicyclic) bond motifs is 1. The highest BCUT2D eigenvalue weighted by Gasteiger charge is 2.57. The molecular formula is C32H36Cl3N5O4S. The number of amides is 3. The molecule has 240 valence electrons. The van der Waals surface area contributed by atoms with Crippen molar-refractivity contribution in [3.8, 4) is 0 Å². The minimum atomic E-state index is -4.47. The fraction of sp³-hybridized carbons (Fsp3) is 0.375. The van der Waals surface area contributed by atoms with E-state index in [0.29, 0.717) is 47.4 Å². The van der Waals surface area contributed by atoms with Gasteiger partial charge in [0, 0.05) is 34.9 Å². The second-order valence-electron chi connectivity index (χ2n) is 11.1. The van der Waals surface area contributed by atoms with E-state index in [9.17, 15) is 18.0 Å². The van der Waals surface area contributed by atoms with Crippen molar-refractivity contribution < 1.29 is 18.0 Å². The van der Waals surface area contributed by atoms with Gasteiger partial charge in [0.25, 0.3) is 15.9 Å². The van der Waals surface area contributed by atoms with E-state index in [1.54, 1.807) is 35.2 Å². The van der Waals surface area contributed by atoms with Crippen LogP contribution in [0.1, 0.15) is 44.2 Å². The van der Waals surface area contributed by atoms with Crippen LogP contribution in [0.5, 0.6) is 0 Å². The molecular weight excluding hydrogens is 657 g/mol. The van der Waals surface area contributed by atoms with Gasteiger partial charge < -0.3 is 15.5 Å². The third-order valence-electron chi connectivity index (χ3n) is 8.54. The Bertz CT molecular complexity index is 1680. The molecule has 13 heteroatoms. The standard InChI is InChI=1S/C32H36Cl3N5O4S/c1-3-39(4-2)31(42)38-22-9-11-23(12-10-22)45(43,44)40-29-20-28(35)27(34)19-25(29)32(30(40)41,24-7-5-6-8-26(24)33)37-18-15-21-13-16-36-17-14-21/h5-12,19-21,36-37H,3-4,13-18H2,1-2H3,(H,38,42). The van der Waals surface area contributed by atoms with Crippen LogP contribution in [0.15, 0.2) is 65.6 Å². The van der Waals surface area contributed by atoms with Gasteiger partial charge in [-0.3, -0.25) is 10.1 Å². The average molecular weight is 693 g/mol. The maximum absolute atomic E-state index is 14.8. The summed E-state index contributed by atoms with van der Waals surface area (Å²) < 4.78 is 29.4. The van der Waals surface area contributed by atoms with Gasteiger partial charge in [0.2, 0.25) is 0 Å². The second kappa shape index (κ2) is 13.9. The van der Waals surface area contributed by atoms with Gasteiger partial charge in [0.1, 0.15) is 0 Å². The molecule has 2 aliphatic rings. The fourth-order valence-corrected chi connectivity index (χ4v) is 8.13. The molecule has 45 heavy (non-hydrogen) atoms. The van der Waals surface area contributed by atoms with Crippen LogP contribution in [0.2, 0.25) is 15.1 Å². The quantitative estimate of drug-likeness (QED) is 0.225. The number of hydrogen-bond donors (Lipinski definition) is 3. The molecule has 0 aliphatic carbocycles. The molecule has 5 rings (SSSR count). The lowest BCUT2D eigenvalue weighted by molar-refractivity contribution is -0.121. The van der Waals surface area contributed by atoms with E-state index in [1.165, 1.54) is 30.3 Å². The van der Waals surface area contributed by atoms with E-state index in [0.717, 1.165) is 36.7 Å². The Kier molecular flexibility index (Phi) is 10.3. The molecule has 3 aromatic rings. The Balaban J connectivity index is 1.57. The molecule has 3 N–H and O–H groups in total. The molecule has 1 unspecified atom stereocenters. The number of benzene rings is 3. The molecule has 9 nitrogen and oxygen atoms in total. The predicted molar refractivity (Wildman–Crippen MR) is 180 cm³/mol. The topological polar surface area (TPSA) is 111 Å². The van der Waals surface area contributed by atoms with Gasteiger partial charge in [-0.2, -0.15) is 0 Å². The summed E-state index contributed by atoms with van der Waals surface area (Å²) in [4.78, 5) is 28.8. The molecule has 0 spiro atoms. The molecule has 0 bridgehead atoms. The van der Waals surface area contributed by atoms with Gasteiger partial charge in [-0.25, -0.2) is 17.5 Å². The summed E-state index contributed by atoms with van der Waals surface area (Å²) in [5.41, 5.74) is -0.401. The van der Waals surface area contributed by atoms with Crippen molar-refractivity contribution in [2.45, 2.75) is 43.5 Å². The first-order chi connectivity index (χ1) is 21.5. The van der Waals surface area contributed by atoms with Crippen molar-refractivity contribution >= 4 is 68.1 Å². The average Bonchev–Trinajstić information content (AvgIpc) is 3.26. The highest BCUT2D eigenvalue weighted by atomic mass is 35.5. The number of urea groups is 1. The molecule has 1 atom stereocenters. The molecule has 0 radical (unpaired) electrons. The number of sulfonamides is 1. The first kappa shape index (κ1) is 33.5. The van der Waals surface area contributed by atoms with E-state index in [2.05, 4.69) is 16.0 Å². The molecule has 1 fully saturated rings. The predicted octanol–water partition coefficient (Wildman–Crippen LogP) is 6.48. The number of carbonyl (C=O) groups excluding carboxylic acids is 2. The highest BCUT2D eigenvalue weighted by molar-refractivity contribution is 7.93. The zero-order valence-corrected chi connectivity index (χ0v) is 28.2. The first-order valence-electron chi connectivity index (χ1n) is 15.0. The summed E-state index contributed by atoms with van der Waals surface area (Å²) in [5.74, 6) is -0.291. The number of nitrogens with one attached hydrogen (secondary N) is 3. The number of halogens is 3. The Hall–Kier alpha value is -2.86. The van der Waals surface area contributed by atoms with Crippen molar-refractivity contribution in [1.82, 2.24) is 15.5 Å². The van der Waals surface area contributed by atoms with Gasteiger partial charge >= 0.3 is 6.03 Å². The zero-order valence-electron chi connectivity index (χ0n) is 25.1. The molecule has 0 saturated carbocycles.